The molecule has 1 N–H and O–H groups in total. The highest BCUT2D eigenvalue weighted by Crippen LogP contribution is 2.27. The molecule has 0 unspecified atom stereocenters. The highest BCUT2D eigenvalue weighted by atomic mass is 35.5. The van der Waals surface area contributed by atoms with E-state index >= 15 is 0 Å². The number of aryl methyl sites for hydroxylation is 1. The van der Waals surface area contributed by atoms with Crippen LogP contribution in [0.3, 0.4) is 0 Å². The first-order chi connectivity index (χ1) is 16.8. The predicted molar refractivity (Wildman–Crippen MR) is 140 cm³/mol. The molecule has 0 saturated heterocycles. The van der Waals surface area contributed by atoms with E-state index in [1.54, 1.807) is 24.3 Å². The average Bonchev–Trinajstić information content (AvgIpc) is 3.17. The fraction of sp³-hybridized carbons (Fsp3) is 0.172. The fourth-order valence-corrected chi connectivity index (χ4v) is 4.45. The predicted octanol–water partition coefficient (Wildman–Crippen LogP) is 6.88. The molecule has 1 heterocycles. The van der Waals surface area contributed by atoms with Crippen LogP contribution in [-0.2, 0) is 0 Å². The lowest BCUT2D eigenvalue weighted by atomic mass is 10.1. The van der Waals surface area contributed by atoms with Crippen LogP contribution in [0.1, 0.15) is 50.6 Å². The van der Waals surface area contributed by atoms with Crippen molar-refractivity contribution in [3.05, 3.63) is 118 Å². The van der Waals surface area contributed by atoms with E-state index in [9.17, 15) is 9.59 Å². The van der Waals surface area contributed by atoms with Crippen molar-refractivity contribution in [2.24, 2.45) is 0 Å². The second-order valence-corrected chi connectivity index (χ2v) is 8.85. The lowest BCUT2D eigenvalue weighted by molar-refractivity contribution is 0.0913. The Bertz CT molecular complexity index is 1350. The largest absolute Gasteiger partial charge is 0.485 e. The summed E-state index contributed by atoms with van der Waals surface area (Å²) in [6.07, 6.45) is 0. The van der Waals surface area contributed by atoms with Gasteiger partial charge in [0.15, 0.2) is 6.61 Å². The molecular formula is C29H27ClN2O3. The quantitative estimate of drug-likeness (QED) is 0.276. The summed E-state index contributed by atoms with van der Waals surface area (Å²) in [5.74, 6) is -0.229. The Labute approximate surface area is 210 Å². The molecule has 1 amide bonds. The molecule has 35 heavy (non-hydrogen) atoms. The number of hydrogen-bond donors (Lipinski definition) is 1. The Kier molecular flexibility index (Phi) is 7.37. The van der Waals surface area contributed by atoms with Gasteiger partial charge in [0, 0.05) is 27.7 Å². The van der Waals surface area contributed by atoms with Crippen molar-refractivity contribution in [2.75, 3.05) is 11.9 Å². The number of halogens is 1. The van der Waals surface area contributed by atoms with Crippen LogP contribution in [0, 0.1) is 13.8 Å². The van der Waals surface area contributed by atoms with Gasteiger partial charge in [0.2, 0.25) is 5.78 Å². The zero-order valence-electron chi connectivity index (χ0n) is 19.9. The number of para-hydroxylation sites is 1. The van der Waals surface area contributed by atoms with Gasteiger partial charge in [0.1, 0.15) is 5.75 Å². The van der Waals surface area contributed by atoms with Crippen molar-refractivity contribution >= 4 is 29.0 Å². The maximum atomic E-state index is 13.1. The second-order valence-electron chi connectivity index (χ2n) is 8.41. The molecule has 6 heteroatoms. The van der Waals surface area contributed by atoms with E-state index in [4.69, 9.17) is 16.3 Å². The van der Waals surface area contributed by atoms with Gasteiger partial charge in [0.25, 0.3) is 5.91 Å². The summed E-state index contributed by atoms with van der Waals surface area (Å²) in [7, 11) is 0. The topological polar surface area (TPSA) is 60.3 Å². The Balaban J connectivity index is 1.52. The number of hydrogen-bond acceptors (Lipinski definition) is 3. The summed E-state index contributed by atoms with van der Waals surface area (Å²) < 4.78 is 7.99. The van der Waals surface area contributed by atoms with Gasteiger partial charge in [-0.1, -0.05) is 60.1 Å². The van der Waals surface area contributed by atoms with Crippen molar-refractivity contribution in [3.63, 3.8) is 0 Å². The van der Waals surface area contributed by atoms with E-state index < -0.39 is 0 Å². The van der Waals surface area contributed by atoms with Crippen LogP contribution in [0.2, 0.25) is 5.02 Å². The number of ketones is 1. The number of amides is 1. The summed E-state index contributed by atoms with van der Waals surface area (Å²) in [6.45, 7) is 5.86. The van der Waals surface area contributed by atoms with Gasteiger partial charge in [-0.05, 0) is 62.7 Å². The van der Waals surface area contributed by atoms with Gasteiger partial charge in [-0.2, -0.15) is 0 Å². The number of ether oxygens (including phenoxy) is 1. The summed E-state index contributed by atoms with van der Waals surface area (Å²) in [5, 5.41) is 3.23. The first kappa shape index (κ1) is 24.3. The maximum absolute atomic E-state index is 13.1. The molecule has 0 aliphatic carbocycles. The van der Waals surface area contributed by atoms with Crippen molar-refractivity contribution in [2.45, 2.75) is 26.8 Å². The number of anilines is 1. The number of carbonyl (C=O) groups excluding carboxylic acids is 2. The summed E-state index contributed by atoms with van der Waals surface area (Å²) in [6, 6.07) is 26.0. The van der Waals surface area contributed by atoms with Gasteiger partial charge >= 0.3 is 0 Å². The minimum Gasteiger partial charge on any atom is -0.485 e. The number of benzene rings is 3. The number of nitrogens with zero attached hydrogens (tertiary/aromatic N) is 1. The number of rotatable bonds is 8. The van der Waals surface area contributed by atoms with Crippen LogP contribution in [0.5, 0.6) is 5.75 Å². The molecule has 4 aromatic rings. The smallest absolute Gasteiger partial charge is 0.259 e. The molecule has 0 radical (unpaired) electrons. The van der Waals surface area contributed by atoms with Gasteiger partial charge in [-0.3, -0.25) is 9.59 Å². The lowest BCUT2D eigenvalue weighted by Gasteiger charge is -2.19. The minimum atomic E-state index is -0.365. The minimum absolute atomic E-state index is 0.0863. The molecule has 0 fully saturated rings. The van der Waals surface area contributed by atoms with Crippen molar-refractivity contribution < 1.29 is 14.3 Å². The van der Waals surface area contributed by atoms with Crippen LogP contribution in [0.25, 0.3) is 0 Å². The molecule has 3 aromatic carbocycles. The molecule has 4 rings (SSSR count). The number of aromatic nitrogens is 1. The highest BCUT2D eigenvalue weighted by Gasteiger charge is 2.21. The third-order valence-electron chi connectivity index (χ3n) is 6.03. The highest BCUT2D eigenvalue weighted by molar-refractivity contribution is 6.31. The van der Waals surface area contributed by atoms with E-state index in [-0.39, 0.29) is 29.9 Å². The first-order valence-corrected chi connectivity index (χ1v) is 11.8. The van der Waals surface area contributed by atoms with Crippen LogP contribution in [0.15, 0.2) is 84.9 Å². The monoisotopic (exact) mass is 486 g/mol. The Morgan fingerprint density at radius 1 is 0.914 bits per heavy atom. The average molecular weight is 487 g/mol. The standard InChI is InChI=1S/C29H27ClN2O3/c1-19-16-25(21(3)32(19)20(2)22-10-6-4-7-11-22)27(33)18-35-28-15-14-23(30)17-26(28)29(34)31-24-12-8-5-9-13-24/h4-17,20H,18H2,1-3H3,(H,31,34)/t20-/m0/s1. The van der Waals surface area contributed by atoms with Crippen LogP contribution in [0.4, 0.5) is 5.69 Å². The molecule has 1 aromatic heterocycles. The molecular weight excluding hydrogens is 460 g/mol. The molecule has 5 nitrogen and oxygen atoms in total. The molecule has 178 valence electrons. The number of carbonyl (C=O) groups is 2. The SMILES string of the molecule is Cc1cc(C(=O)COc2ccc(Cl)cc2C(=O)Nc2ccccc2)c(C)n1[C@@H](C)c1ccccc1. The third kappa shape index (κ3) is 5.47. The molecule has 0 bridgehead atoms. The summed E-state index contributed by atoms with van der Waals surface area (Å²) in [4.78, 5) is 26.0. The number of Topliss-reactive ketones (excluding diaryl/α,β-unsaturated/α-hetero) is 1. The Morgan fingerprint density at radius 3 is 2.26 bits per heavy atom. The summed E-state index contributed by atoms with van der Waals surface area (Å²) >= 11 is 6.14. The van der Waals surface area contributed by atoms with Crippen LogP contribution in [-0.4, -0.2) is 22.9 Å². The van der Waals surface area contributed by atoms with Gasteiger partial charge < -0.3 is 14.6 Å². The zero-order chi connectivity index (χ0) is 24.9. The fourth-order valence-electron chi connectivity index (χ4n) is 4.28. The van der Waals surface area contributed by atoms with Crippen molar-refractivity contribution in [1.29, 1.82) is 0 Å². The van der Waals surface area contributed by atoms with Gasteiger partial charge in [-0.25, -0.2) is 0 Å². The molecule has 0 spiro atoms. The third-order valence-corrected chi connectivity index (χ3v) is 6.27. The number of nitrogens with one attached hydrogen (secondary N) is 1. The second kappa shape index (κ2) is 10.6. The van der Waals surface area contributed by atoms with E-state index in [0.717, 1.165) is 11.4 Å². The van der Waals surface area contributed by atoms with Gasteiger partial charge in [0.05, 0.1) is 11.6 Å². The lowest BCUT2D eigenvalue weighted by Crippen LogP contribution is -2.17. The van der Waals surface area contributed by atoms with E-state index in [1.165, 1.54) is 11.6 Å². The summed E-state index contributed by atoms with van der Waals surface area (Å²) in [5.41, 5.74) is 4.56. The molecule has 1 atom stereocenters. The first-order valence-electron chi connectivity index (χ1n) is 11.4. The van der Waals surface area contributed by atoms with E-state index in [2.05, 4.69) is 28.9 Å². The van der Waals surface area contributed by atoms with Gasteiger partial charge in [-0.15, -0.1) is 0 Å². The zero-order valence-corrected chi connectivity index (χ0v) is 20.7. The molecule has 0 aliphatic rings. The Morgan fingerprint density at radius 2 is 1.57 bits per heavy atom. The van der Waals surface area contributed by atoms with E-state index in [0.29, 0.717) is 22.0 Å². The maximum Gasteiger partial charge on any atom is 0.259 e. The molecule has 0 saturated carbocycles. The van der Waals surface area contributed by atoms with Crippen molar-refractivity contribution in [3.8, 4) is 5.75 Å². The van der Waals surface area contributed by atoms with Crippen LogP contribution < -0.4 is 10.1 Å². The Hall–Kier alpha value is -3.83. The molecule has 0 aliphatic heterocycles. The normalized spacial score (nSPS) is 11.7. The van der Waals surface area contributed by atoms with E-state index in [1.807, 2.05) is 56.3 Å². The van der Waals surface area contributed by atoms with Crippen molar-refractivity contribution in [1.82, 2.24) is 4.57 Å². The van der Waals surface area contributed by atoms with Crippen LogP contribution >= 0.6 is 11.6 Å².